The minimum atomic E-state index is -3.59. The average molecular weight is 476 g/mol. The molecule has 2 aromatic carbocycles. The summed E-state index contributed by atoms with van der Waals surface area (Å²) in [6.07, 6.45) is 0. The highest BCUT2D eigenvalue weighted by molar-refractivity contribution is 7.68. The second-order valence-corrected chi connectivity index (χ2v) is 11.1. The van der Waals surface area contributed by atoms with E-state index in [2.05, 4.69) is 0 Å². The monoisotopic (exact) mass is 475 g/mol. The lowest BCUT2D eigenvalue weighted by molar-refractivity contribution is 0.0607. The number of benzene rings is 2. The maximum absolute atomic E-state index is 14.4. The molecule has 0 aliphatic rings. The molecule has 1 aromatic heterocycles. The molecule has 3 rings (SSSR count). The van der Waals surface area contributed by atoms with Crippen LogP contribution in [0.25, 0.3) is 10.4 Å². The normalized spacial score (nSPS) is 13.1. The summed E-state index contributed by atoms with van der Waals surface area (Å²) in [7, 11) is -0.863. The minimum Gasteiger partial charge on any atom is -0.465 e. The molecule has 1 atom stereocenters. The second kappa shape index (κ2) is 9.57. The number of rotatable bonds is 7. The van der Waals surface area contributed by atoms with Crippen molar-refractivity contribution in [2.45, 2.75) is 33.7 Å². The number of anilines is 1. The number of carbonyl (C=O) groups excluding carboxylic acids is 1. The SMILES string of the molecule is COC(=O)c1sc(-c2ccc(F)cc2)cc1N(C(C)C)P(=O)(OC)c1ccc(C)cc1C. The number of ether oxygens (including phenoxy) is 1. The van der Waals surface area contributed by atoms with Gasteiger partial charge >= 0.3 is 13.5 Å². The smallest absolute Gasteiger partial charge is 0.350 e. The standard InChI is InChI=1S/C24H27FNO4PS/c1-15(2)26(31(28,30-6)21-12-7-16(3)13-17(21)4)20-14-22(32-23(20)24(27)29-5)18-8-10-19(25)11-9-18/h7-15H,1-6H3. The molecule has 170 valence electrons. The van der Waals surface area contributed by atoms with E-state index in [0.29, 0.717) is 15.9 Å². The summed E-state index contributed by atoms with van der Waals surface area (Å²) in [5.41, 5.74) is 3.10. The minimum absolute atomic E-state index is 0.263. The summed E-state index contributed by atoms with van der Waals surface area (Å²) in [5, 5.41) is 0.574. The summed E-state index contributed by atoms with van der Waals surface area (Å²) in [4.78, 5) is 13.7. The third-order valence-electron chi connectivity index (χ3n) is 5.14. The van der Waals surface area contributed by atoms with E-state index in [0.717, 1.165) is 21.6 Å². The van der Waals surface area contributed by atoms with Crippen LogP contribution in [0, 0.1) is 19.7 Å². The lowest BCUT2D eigenvalue weighted by atomic mass is 10.2. The van der Waals surface area contributed by atoms with Crippen LogP contribution < -0.4 is 9.97 Å². The Morgan fingerprint density at radius 1 is 1.06 bits per heavy atom. The van der Waals surface area contributed by atoms with Crippen LogP contribution in [0.1, 0.15) is 34.6 Å². The van der Waals surface area contributed by atoms with Crippen LogP contribution >= 0.6 is 18.9 Å². The number of aryl methyl sites for hydroxylation is 2. The van der Waals surface area contributed by atoms with Gasteiger partial charge in [0.25, 0.3) is 0 Å². The summed E-state index contributed by atoms with van der Waals surface area (Å²) >= 11 is 1.21. The van der Waals surface area contributed by atoms with Crippen molar-refractivity contribution in [1.29, 1.82) is 0 Å². The largest absolute Gasteiger partial charge is 0.465 e. The van der Waals surface area contributed by atoms with Crippen LogP contribution in [0.4, 0.5) is 10.1 Å². The molecule has 32 heavy (non-hydrogen) atoms. The van der Waals surface area contributed by atoms with Crippen LogP contribution in [-0.2, 0) is 13.8 Å². The molecule has 8 heteroatoms. The zero-order chi connectivity index (χ0) is 23.6. The van der Waals surface area contributed by atoms with Crippen molar-refractivity contribution < 1.29 is 23.0 Å². The molecular formula is C24H27FNO4PS. The predicted octanol–water partition coefficient (Wildman–Crippen LogP) is 6.34. The van der Waals surface area contributed by atoms with E-state index in [9.17, 15) is 13.8 Å². The average Bonchev–Trinajstić information content (AvgIpc) is 3.17. The molecule has 0 bridgehead atoms. The fourth-order valence-electron chi connectivity index (χ4n) is 3.70. The zero-order valence-corrected chi connectivity index (χ0v) is 20.7. The van der Waals surface area contributed by atoms with Gasteiger partial charge in [0.15, 0.2) is 0 Å². The molecule has 0 saturated carbocycles. The highest BCUT2D eigenvalue weighted by Crippen LogP contribution is 2.56. The number of nitrogens with zero attached hydrogens (tertiary/aromatic N) is 1. The van der Waals surface area contributed by atoms with Crippen LogP contribution in [0.15, 0.2) is 48.5 Å². The lowest BCUT2D eigenvalue weighted by Gasteiger charge is -2.36. The molecule has 3 aromatic rings. The first kappa shape index (κ1) is 24.2. The van der Waals surface area contributed by atoms with E-state index in [1.54, 1.807) is 22.9 Å². The molecule has 0 amide bonds. The second-order valence-electron chi connectivity index (χ2n) is 7.75. The first-order chi connectivity index (χ1) is 15.1. The first-order valence-electron chi connectivity index (χ1n) is 10.1. The van der Waals surface area contributed by atoms with Gasteiger partial charge in [-0.15, -0.1) is 11.3 Å². The van der Waals surface area contributed by atoms with Crippen LogP contribution in [-0.4, -0.2) is 26.2 Å². The van der Waals surface area contributed by atoms with Gasteiger partial charge in [0.2, 0.25) is 0 Å². The molecule has 0 spiro atoms. The van der Waals surface area contributed by atoms with Crippen molar-refractivity contribution >= 4 is 35.8 Å². The van der Waals surface area contributed by atoms with Gasteiger partial charge in [0.05, 0.1) is 18.1 Å². The Morgan fingerprint density at radius 2 is 1.72 bits per heavy atom. The van der Waals surface area contributed by atoms with Crippen molar-refractivity contribution in [3.05, 3.63) is 70.4 Å². The number of methoxy groups -OCH3 is 1. The predicted molar refractivity (Wildman–Crippen MR) is 129 cm³/mol. The molecule has 5 nitrogen and oxygen atoms in total. The number of esters is 1. The number of carbonyl (C=O) groups is 1. The number of halogens is 1. The van der Waals surface area contributed by atoms with Gasteiger partial charge in [-0.25, -0.2) is 9.18 Å². The molecule has 0 aliphatic heterocycles. The summed E-state index contributed by atoms with van der Waals surface area (Å²) in [6, 6.07) is 13.2. The van der Waals surface area contributed by atoms with Crippen LogP contribution in [0.5, 0.6) is 0 Å². The van der Waals surface area contributed by atoms with E-state index < -0.39 is 13.5 Å². The Kier molecular flexibility index (Phi) is 7.23. The van der Waals surface area contributed by atoms with Gasteiger partial charge in [-0.3, -0.25) is 9.24 Å². The Bertz CT molecular complexity index is 1170. The highest BCUT2D eigenvalue weighted by atomic mass is 32.1. The fourth-order valence-corrected chi connectivity index (χ4v) is 7.26. The van der Waals surface area contributed by atoms with E-state index in [-0.39, 0.29) is 11.9 Å². The van der Waals surface area contributed by atoms with E-state index in [1.165, 1.54) is 37.7 Å². The molecule has 1 heterocycles. The van der Waals surface area contributed by atoms with Crippen molar-refractivity contribution in [3.8, 4) is 10.4 Å². The van der Waals surface area contributed by atoms with Crippen molar-refractivity contribution in [2.75, 3.05) is 18.9 Å². The van der Waals surface area contributed by atoms with Crippen molar-refractivity contribution in [2.24, 2.45) is 0 Å². The number of hydrogen-bond acceptors (Lipinski definition) is 5. The molecular weight excluding hydrogens is 448 g/mol. The fraction of sp³-hybridized carbons (Fsp3) is 0.292. The van der Waals surface area contributed by atoms with Crippen LogP contribution in [0.3, 0.4) is 0 Å². The van der Waals surface area contributed by atoms with Crippen molar-refractivity contribution in [1.82, 2.24) is 0 Å². The Labute approximate surface area is 192 Å². The lowest BCUT2D eigenvalue weighted by Crippen LogP contribution is -2.34. The van der Waals surface area contributed by atoms with Gasteiger partial charge in [0, 0.05) is 18.0 Å². The highest BCUT2D eigenvalue weighted by Gasteiger charge is 2.39. The van der Waals surface area contributed by atoms with Crippen molar-refractivity contribution in [3.63, 3.8) is 0 Å². The van der Waals surface area contributed by atoms with Gasteiger partial charge < -0.3 is 9.26 Å². The molecule has 0 N–H and O–H groups in total. The number of thiophene rings is 1. The Hall–Kier alpha value is -2.47. The van der Waals surface area contributed by atoms with Gasteiger partial charge in [-0.2, -0.15) is 0 Å². The molecule has 1 unspecified atom stereocenters. The van der Waals surface area contributed by atoms with E-state index in [1.807, 2.05) is 45.9 Å². The molecule has 0 radical (unpaired) electrons. The third-order valence-corrected chi connectivity index (χ3v) is 9.14. The van der Waals surface area contributed by atoms with E-state index >= 15 is 0 Å². The first-order valence-corrected chi connectivity index (χ1v) is 12.5. The van der Waals surface area contributed by atoms with Gasteiger partial charge in [-0.1, -0.05) is 29.8 Å². The van der Waals surface area contributed by atoms with Gasteiger partial charge in [-0.05, 0) is 63.1 Å². The topological polar surface area (TPSA) is 55.8 Å². The summed E-state index contributed by atoms with van der Waals surface area (Å²) in [6.45, 7) is 7.65. The third kappa shape index (κ3) is 4.51. The van der Waals surface area contributed by atoms with Gasteiger partial charge in [0.1, 0.15) is 10.7 Å². The number of hydrogen-bond donors (Lipinski definition) is 0. The Balaban J connectivity index is 2.25. The molecule has 0 saturated heterocycles. The summed E-state index contributed by atoms with van der Waals surface area (Å²) < 4.78 is 40.2. The quantitative estimate of drug-likeness (QED) is 0.295. The van der Waals surface area contributed by atoms with Crippen LogP contribution in [0.2, 0.25) is 0 Å². The molecule has 0 aliphatic carbocycles. The Morgan fingerprint density at radius 3 is 2.25 bits per heavy atom. The molecule has 0 fully saturated rings. The zero-order valence-electron chi connectivity index (χ0n) is 19.0. The maximum Gasteiger partial charge on any atom is 0.350 e. The maximum atomic E-state index is 14.4. The van der Waals surface area contributed by atoms with E-state index in [4.69, 9.17) is 9.26 Å². The summed E-state index contributed by atoms with van der Waals surface area (Å²) in [5.74, 6) is -0.881.